The molecule has 1 atom stereocenters. The van der Waals surface area contributed by atoms with Gasteiger partial charge in [-0.25, -0.2) is 4.98 Å². The highest BCUT2D eigenvalue weighted by Gasteiger charge is 2.28. The van der Waals surface area contributed by atoms with E-state index in [-0.39, 0.29) is 11.5 Å². The minimum Gasteiger partial charge on any atom is -0.391 e. The number of rotatable bonds is 0. The van der Waals surface area contributed by atoms with E-state index in [4.69, 9.17) is 11.6 Å². The van der Waals surface area contributed by atoms with Crippen molar-refractivity contribution >= 4 is 11.6 Å². The van der Waals surface area contributed by atoms with Crippen molar-refractivity contribution in [2.45, 2.75) is 51.7 Å². The van der Waals surface area contributed by atoms with Crippen LogP contribution < -0.4 is 0 Å². The van der Waals surface area contributed by atoms with Crippen LogP contribution in [0.2, 0.25) is 5.15 Å². The number of hydrogen-bond donors (Lipinski definition) is 1. The van der Waals surface area contributed by atoms with E-state index in [0.717, 1.165) is 24.4 Å². The molecule has 0 radical (unpaired) electrons. The van der Waals surface area contributed by atoms with Crippen molar-refractivity contribution < 1.29 is 5.11 Å². The van der Waals surface area contributed by atoms with E-state index in [1.165, 1.54) is 0 Å². The Hall–Kier alpha value is -0.540. The molecule has 0 saturated heterocycles. The van der Waals surface area contributed by atoms with E-state index in [1.54, 1.807) is 0 Å². The van der Waals surface area contributed by atoms with Crippen LogP contribution in [-0.4, -0.2) is 20.8 Å². The topological polar surface area (TPSA) is 38.0 Å². The molecule has 0 aliphatic carbocycles. The molecule has 15 heavy (non-hydrogen) atoms. The lowest BCUT2D eigenvalue weighted by Crippen LogP contribution is -2.29. The summed E-state index contributed by atoms with van der Waals surface area (Å²) in [5.41, 5.74) is 1.05. The summed E-state index contributed by atoms with van der Waals surface area (Å²) < 4.78 is 2.08. The van der Waals surface area contributed by atoms with Crippen molar-refractivity contribution in [3.8, 4) is 0 Å². The van der Waals surface area contributed by atoms with Gasteiger partial charge in [-0.3, -0.25) is 0 Å². The maximum atomic E-state index is 9.66. The summed E-state index contributed by atoms with van der Waals surface area (Å²) >= 11 is 6.10. The predicted molar refractivity (Wildman–Crippen MR) is 60.3 cm³/mol. The predicted octanol–water partition coefficient (Wildman–Crippen LogP) is 2.14. The Morgan fingerprint density at radius 2 is 2.13 bits per heavy atom. The summed E-state index contributed by atoms with van der Waals surface area (Å²) in [4.78, 5) is 4.42. The highest BCUT2D eigenvalue weighted by Crippen LogP contribution is 2.30. The molecule has 4 heteroatoms. The third-order valence-corrected chi connectivity index (χ3v) is 3.10. The van der Waals surface area contributed by atoms with Gasteiger partial charge in [-0.05, 0) is 12.8 Å². The number of aromatic nitrogens is 2. The average molecular weight is 229 g/mol. The molecule has 0 aromatic carbocycles. The van der Waals surface area contributed by atoms with E-state index in [9.17, 15) is 5.11 Å². The molecule has 0 saturated carbocycles. The van der Waals surface area contributed by atoms with Gasteiger partial charge < -0.3 is 9.67 Å². The Morgan fingerprint density at radius 1 is 1.47 bits per heavy atom. The second kappa shape index (κ2) is 3.49. The van der Waals surface area contributed by atoms with Gasteiger partial charge in [-0.15, -0.1) is 0 Å². The molecule has 84 valence electrons. The molecular weight excluding hydrogens is 212 g/mol. The Morgan fingerprint density at radius 3 is 2.73 bits per heavy atom. The van der Waals surface area contributed by atoms with E-state index >= 15 is 0 Å². The van der Waals surface area contributed by atoms with Crippen LogP contribution in [-0.2, 0) is 18.4 Å². The Labute approximate surface area is 95.1 Å². The zero-order valence-corrected chi connectivity index (χ0v) is 10.2. The molecule has 1 aromatic heterocycles. The van der Waals surface area contributed by atoms with Crippen LogP contribution in [0.15, 0.2) is 0 Å². The van der Waals surface area contributed by atoms with E-state index in [1.807, 2.05) is 0 Å². The normalized spacial score (nSPS) is 21.5. The van der Waals surface area contributed by atoms with Crippen molar-refractivity contribution in [2.75, 3.05) is 0 Å². The fourth-order valence-electron chi connectivity index (χ4n) is 2.07. The minimum absolute atomic E-state index is 0.0288. The van der Waals surface area contributed by atoms with Crippen molar-refractivity contribution in [1.29, 1.82) is 0 Å². The SMILES string of the molecule is CC(C)(C)c1nc(Cl)c2n1CC(O)CC2. The molecule has 1 N–H and O–H groups in total. The number of aliphatic hydroxyl groups is 1. The van der Waals surface area contributed by atoms with Gasteiger partial charge in [0.1, 0.15) is 5.82 Å². The number of halogens is 1. The second-order valence-electron chi connectivity index (χ2n) is 5.23. The third-order valence-electron chi connectivity index (χ3n) is 2.80. The van der Waals surface area contributed by atoms with Gasteiger partial charge in [-0.2, -0.15) is 0 Å². The smallest absolute Gasteiger partial charge is 0.150 e. The maximum Gasteiger partial charge on any atom is 0.150 e. The standard InChI is InChI=1S/C11H17ClN2O/c1-11(2,3)10-13-9(12)8-5-4-7(15)6-14(8)10/h7,15H,4-6H2,1-3H3. The van der Waals surface area contributed by atoms with Gasteiger partial charge >= 0.3 is 0 Å². The first-order chi connectivity index (χ1) is 6.89. The molecule has 0 amide bonds. The molecule has 2 rings (SSSR count). The van der Waals surface area contributed by atoms with E-state index < -0.39 is 0 Å². The summed E-state index contributed by atoms with van der Waals surface area (Å²) in [7, 11) is 0. The van der Waals surface area contributed by atoms with Crippen molar-refractivity contribution in [1.82, 2.24) is 9.55 Å². The van der Waals surface area contributed by atoms with Crippen LogP contribution in [0.3, 0.4) is 0 Å². The summed E-state index contributed by atoms with van der Waals surface area (Å²) in [5.74, 6) is 0.973. The molecule has 0 bridgehead atoms. The lowest BCUT2D eigenvalue weighted by molar-refractivity contribution is 0.128. The van der Waals surface area contributed by atoms with Crippen LogP contribution in [0.4, 0.5) is 0 Å². The Balaban J connectivity index is 2.50. The highest BCUT2D eigenvalue weighted by molar-refractivity contribution is 6.30. The van der Waals surface area contributed by atoms with Gasteiger partial charge in [0.05, 0.1) is 18.3 Å². The quantitative estimate of drug-likeness (QED) is 0.739. The molecule has 1 aliphatic rings. The van der Waals surface area contributed by atoms with Gasteiger partial charge in [0.15, 0.2) is 5.15 Å². The monoisotopic (exact) mass is 228 g/mol. The van der Waals surface area contributed by atoms with Crippen LogP contribution >= 0.6 is 11.6 Å². The molecule has 1 aromatic rings. The summed E-state index contributed by atoms with van der Waals surface area (Å²) in [6.07, 6.45) is 1.35. The summed E-state index contributed by atoms with van der Waals surface area (Å²) in [6, 6.07) is 0. The van der Waals surface area contributed by atoms with Crippen LogP contribution in [0.5, 0.6) is 0 Å². The zero-order valence-electron chi connectivity index (χ0n) is 9.42. The Bertz CT molecular complexity index is 379. The molecule has 0 spiro atoms. The zero-order chi connectivity index (χ0) is 11.2. The first-order valence-corrected chi connectivity index (χ1v) is 5.71. The fourth-order valence-corrected chi connectivity index (χ4v) is 2.35. The first kappa shape index (κ1) is 11.0. The first-order valence-electron chi connectivity index (χ1n) is 5.33. The van der Waals surface area contributed by atoms with Crippen molar-refractivity contribution in [3.63, 3.8) is 0 Å². The average Bonchev–Trinajstić information content (AvgIpc) is 2.42. The highest BCUT2D eigenvalue weighted by atomic mass is 35.5. The van der Waals surface area contributed by atoms with E-state index in [0.29, 0.717) is 11.7 Å². The molecule has 2 heterocycles. The lowest BCUT2D eigenvalue weighted by atomic mass is 9.95. The number of aliphatic hydroxyl groups excluding tert-OH is 1. The number of fused-ring (bicyclic) bond motifs is 1. The molecule has 3 nitrogen and oxygen atoms in total. The van der Waals surface area contributed by atoms with Gasteiger partial charge in [0.2, 0.25) is 0 Å². The van der Waals surface area contributed by atoms with Gasteiger partial charge in [-0.1, -0.05) is 32.4 Å². The van der Waals surface area contributed by atoms with Gasteiger partial charge in [0.25, 0.3) is 0 Å². The summed E-state index contributed by atoms with van der Waals surface area (Å²) in [5, 5.41) is 10.3. The molecule has 1 aliphatic heterocycles. The van der Waals surface area contributed by atoms with Crippen LogP contribution in [0.1, 0.15) is 38.7 Å². The van der Waals surface area contributed by atoms with Crippen LogP contribution in [0, 0.1) is 0 Å². The number of imidazole rings is 1. The van der Waals surface area contributed by atoms with Crippen molar-refractivity contribution in [2.24, 2.45) is 0 Å². The van der Waals surface area contributed by atoms with Crippen molar-refractivity contribution in [3.05, 3.63) is 16.7 Å². The second-order valence-corrected chi connectivity index (χ2v) is 5.58. The van der Waals surface area contributed by atoms with Crippen LogP contribution in [0.25, 0.3) is 0 Å². The van der Waals surface area contributed by atoms with E-state index in [2.05, 4.69) is 30.3 Å². The summed E-state index contributed by atoms with van der Waals surface area (Å²) in [6.45, 7) is 6.96. The largest absolute Gasteiger partial charge is 0.391 e. The lowest BCUT2D eigenvalue weighted by Gasteiger charge is -2.26. The molecule has 1 unspecified atom stereocenters. The fraction of sp³-hybridized carbons (Fsp3) is 0.727. The third kappa shape index (κ3) is 1.91. The Kier molecular flexibility index (Phi) is 2.55. The number of hydrogen-bond acceptors (Lipinski definition) is 2. The maximum absolute atomic E-state index is 9.66. The molecular formula is C11H17ClN2O. The number of nitrogens with zero attached hydrogens (tertiary/aromatic N) is 2. The van der Waals surface area contributed by atoms with Gasteiger partial charge in [0, 0.05) is 5.41 Å². The molecule has 0 fully saturated rings. The minimum atomic E-state index is -0.260.